The monoisotopic (exact) mass is 527 g/mol. The molecular weight excluding hydrogens is 498 g/mol. The lowest BCUT2D eigenvalue weighted by Gasteiger charge is -2.33. The first-order chi connectivity index (χ1) is 17.3. The van der Waals surface area contributed by atoms with E-state index in [1.807, 2.05) is 44.2 Å². The van der Waals surface area contributed by atoms with E-state index in [1.54, 1.807) is 30.3 Å². The Balaban J connectivity index is 2.02. The number of nitrogens with zero attached hydrogens (tertiary/aromatic N) is 2. The fourth-order valence-electron chi connectivity index (χ4n) is 3.85. The lowest BCUT2D eigenvalue weighted by molar-refractivity contribution is -0.140. The molecule has 0 aromatic heterocycles. The van der Waals surface area contributed by atoms with Crippen molar-refractivity contribution in [3.63, 3.8) is 0 Å². The van der Waals surface area contributed by atoms with Crippen molar-refractivity contribution >= 4 is 39.1 Å². The summed E-state index contributed by atoms with van der Waals surface area (Å²) in [5, 5.41) is 3.19. The van der Waals surface area contributed by atoms with Gasteiger partial charge in [0.25, 0.3) is 10.0 Å². The Labute approximate surface area is 217 Å². The minimum atomic E-state index is -4.11. The maximum Gasteiger partial charge on any atom is 0.264 e. The molecule has 1 atom stereocenters. The summed E-state index contributed by atoms with van der Waals surface area (Å²) in [6, 6.07) is 22.8. The van der Waals surface area contributed by atoms with E-state index in [1.165, 1.54) is 29.2 Å². The number of halogens is 1. The van der Waals surface area contributed by atoms with E-state index in [-0.39, 0.29) is 17.3 Å². The highest BCUT2D eigenvalue weighted by atomic mass is 35.5. The second kappa shape index (κ2) is 12.6. The summed E-state index contributed by atoms with van der Waals surface area (Å²) in [5.74, 6) is -0.769. The van der Waals surface area contributed by atoms with Crippen LogP contribution in [0, 0.1) is 0 Å². The van der Waals surface area contributed by atoms with Crippen molar-refractivity contribution in [2.24, 2.45) is 0 Å². The largest absolute Gasteiger partial charge is 0.355 e. The van der Waals surface area contributed by atoms with Crippen molar-refractivity contribution in [3.05, 3.63) is 95.5 Å². The van der Waals surface area contributed by atoms with Crippen molar-refractivity contribution in [2.45, 2.75) is 37.8 Å². The van der Waals surface area contributed by atoms with Crippen molar-refractivity contribution in [2.75, 3.05) is 17.4 Å². The second-order valence-corrected chi connectivity index (χ2v) is 10.4. The molecule has 0 saturated heterocycles. The van der Waals surface area contributed by atoms with Gasteiger partial charge in [0.2, 0.25) is 11.8 Å². The highest BCUT2D eigenvalue weighted by Gasteiger charge is 2.33. The highest BCUT2D eigenvalue weighted by molar-refractivity contribution is 7.92. The van der Waals surface area contributed by atoms with Gasteiger partial charge in [-0.05, 0) is 55.3 Å². The Morgan fingerprint density at radius 1 is 0.889 bits per heavy atom. The van der Waals surface area contributed by atoms with Crippen LogP contribution in [0.15, 0.2) is 89.8 Å². The number of anilines is 1. The molecule has 0 aliphatic carbocycles. The summed E-state index contributed by atoms with van der Waals surface area (Å²) in [4.78, 5) is 28.1. The molecule has 3 aromatic rings. The van der Waals surface area contributed by atoms with Gasteiger partial charge in [0, 0.05) is 18.1 Å². The predicted octanol–water partition coefficient (Wildman–Crippen LogP) is 4.48. The van der Waals surface area contributed by atoms with Gasteiger partial charge in [0.05, 0.1) is 10.6 Å². The van der Waals surface area contributed by atoms with Crippen molar-refractivity contribution in [1.82, 2.24) is 10.2 Å². The van der Waals surface area contributed by atoms with Gasteiger partial charge in [0.1, 0.15) is 12.6 Å². The fourth-order valence-corrected chi connectivity index (χ4v) is 5.39. The molecule has 36 heavy (non-hydrogen) atoms. The van der Waals surface area contributed by atoms with E-state index in [9.17, 15) is 18.0 Å². The zero-order chi connectivity index (χ0) is 26.1. The minimum absolute atomic E-state index is 0.00827. The Morgan fingerprint density at radius 2 is 1.47 bits per heavy atom. The average Bonchev–Trinajstić information content (AvgIpc) is 2.88. The molecule has 0 saturated carbocycles. The summed E-state index contributed by atoms with van der Waals surface area (Å²) in [5.41, 5.74) is 1.17. The molecular formula is C27H30ClN3O4S. The summed E-state index contributed by atoms with van der Waals surface area (Å²) in [7, 11) is -4.11. The first kappa shape index (κ1) is 27.2. The molecule has 3 aromatic carbocycles. The van der Waals surface area contributed by atoms with Crippen molar-refractivity contribution in [1.29, 1.82) is 0 Å². The maximum absolute atomic E-state index is 13.8. The molecule has 1 N–H and O–H groups in total. The van der Waals surface area contributed by atoms with E-state index in [0.717, 1.165) is 9.87 Å². The quantitative estimate of drug-likeness (QED) is 0.398. The van der Waals surface area contributed by atoms with E-state index in [0.29, 0.717) is 23.7 Å². The molecule has 0 spiro atoms. The number of para-hydroxylation sites is 1. The first-order valence-electron chi connectivity index (χ1n) is 11.7. The highest BCUT2D eigenvalue weighted by Crippen LogP contribution is 2.25. The number of rotatable bonds is 11. The van der Waals surface area contributed by atoms with Gasteiger partial charge >= 0.3 is 0 Å². The lowest BCUT2D eigenvalue weighted by atomic mass is 10.1. The number of carbonyl (C=O) groups is 2. The second-order valence-electron chi connectivity index (χ2n) is 8.13. The Kier molecular flexibility index (Phi) is 9.50. The lowest BCUT2D eigenvalue weighted by Crippen LogP contribution is -2.52. The Morgan fingerprint density at radius 3 is 2.03 bits per heavy atom. The van der Waals surface area contributed by atoms with Crippen molar-refractivity contribution in [3.8, 4) is 0 Å². The molecule has 7 nitrogen and oxygen atoms in total. The number of likely N-dealkylation sites (N-methyl/N-ethyl adjacent to an activating group) is 1. The molecule has 2 amide bonds. The Hall–Kier alpha value is -3.36. The van der Waals surface area contributed by atoms with Gasteiger partial charge in [-0.3, -0.25) is 13.9 Å². The molecule has 0 heterocycles. The van der Waals surface area contributed by atoms with Gasteiger partial charge < -0.3 is 10.2 Å². The van der Waals surface area contributed by atoms with Crippen molar-refractivity contribution < 1.29 is 18.0 Å². The third-order valence-corrected chi connectivity index (χ3v) is 7.70. The average molecular weight is 528 g/mol. The molecule has 0 aliphatic heterocycles. The van der Waals surface area contributed by atoms with Crippen LogP contribution in [-0.4, -0.2) is 44.3 Å². The standard InChI is InChI=1S/C27H30ClN3O4S/c1-3-25(27(33)29-4-2)30(19-21-11-7-5-8-12-21)26(32)20-31(23-13-9-6-10-14-23)36(34,35)24-17-15-22(28)16-18-24/h5-18,25H,3-4,19-20H2,1-2H3,(H,29,33)/t25-/m1/s1. The smallest absolute Gasteiger partial charge is 0.264 e. The number of hydrogen-bond acceptors (Lipinski definition) is 4. The third kappa shape index (κ3) is 6.65. The number of carbonyl (C=O) groups excluding carboxylic acids is 2. The van der Waals surface area contributed by atoms with Crippen LogP contribution in [0.2, 0.25) is 5.02 Å². The van der Waals surface area contributed by atoms with Gasteiger partial charge in [-0.15, -0.1) is 0 Å². The van der Waals surface area contributed by atoms with Crippen LogP contribution in [0.4, 0.5) is 5.69 Å². The van der Waals surface area contributed by atoms with E-state index >= 15 is 0 Å². The molecule has 0 aliphatic rings. The number of hydrogen-bond donors (Lipinski definition) is 1. The zero-order valence-corrected chi connectivity index (χ0v) is 21.9. The number of sulfonamides is 1. The normalized spacial score (nSPS) is 12.0. The first-order valence-corrected chi connectivity index (χ1v) is 13.5. The van der Waals surface area contributed by atoms with Crippen LogP contribution in [0.25, 0.3) is 0 Å². The van der Waals surface area contributed by atoms with Crippen LogP contribution < -0.4 is 9.62 Å². The van der Waals surface area contributed by atoms with Crippen LogP contribution in [0.5, 0.6) is 0 Å². The zero-order valence-electron chi connectivity index (χ0n) is 20.3. The summed E-state index contributed by atoms with van der Waals surface area (Å²) in [6.45, 7) is 3.74. The number of nitrogens with one attached hydrogen (secondary N) is 1. The topological polar surface area (TPSA) is 86.8 Å². The molecule has 190 valence electrons. The van der Waals surface area contributed by atoms with Crippen LogP contribution >= 0.6 is 11.6 Å². The molecule has 0 unspecified atom stereocenters. The molecule has 0 bridgehead atoms. The van der Waals surface area contributed by atoms with Gasteiger partial charge in [-0.25, -0.2) is 8.42 Å². The Bertz CT molecular complexity index is 1250. The fraction of sp³-hybridized carbons (Fsp3) is 0.259. The van der Waals surface area contributed by atoms with Crippen LogP contribution in [0.1, 0.15) is 25.8 Å². The predicted molar refractivity (Wildman–Crippen MR) is 142 cm³/mol. The van der Waals surface area contributed by atoms with E-state index < -0.39 is 28.5 Å². The molecule has 0 radical (unpaired) electrons. The third-order valence-electron chi connectivity index (χ3n) is 5.66. The SMILES string of the molecule is CCNC(=O)[C@@H](CC)N(Cc1ccccc1)C(=O)CN(c1ccccc1)S(=O)(=O)c1ccc(Cl)cc1. The van der Waals surface area contributed by atoms with Gasteiger partial charge in [-0.1, -0.05) is 67.1 Å². The minimum Gasteiger partial charge on any atom is -0.355 e. The van der Waals surface area contributed by atoms with Crippen LogP contribution in [-0.2, 0) is 26.2 Å². The maximum atomic E-state index is 13.8. The molecule has 9 heteroatoms. The summed E-state index contributed by atoms with van der Waals surface area (Å²) in [6.07, 6.45) is 0.375. The van der Waals surface area contributed by atoms with Gasteiger partial charge in [0.15, 0.2) is 0 Å². The van der Waals surface area contributed by atoms with E-state index in [4.69, 9.17) is 11.6 Å². The number of benzene rings is 3. The molecule has 3 rings (SSSR count). The van der Waals surface area contributed by atoms with Gasteiger partial charge in [-0.2, -0.15) is 0 Å². The summed E-state index contributed by atoms with van der Waals surface area (Å²) < 4.78 is 28.4. The number of amides is 2. The van der Waals surface area contributed by atoms with E-state index in [2.05, 4.69) is 5.32 Å². The summed E-state index contributed by atoms with van der Waals surface area (Å²) >= 11 is 5.96. The molecule has 0 fully saturated rings. The van der Waals surface area contributed by atoms with Crippen LogP contribution in [0.3, 0.4) is 0 Å².